The molecule has 0 saturated carbocycles. The van der Waals surface area contributed by atoms with Crippen LogP contribution >= 0.6 is 0 Å². The van der Waals surface area contributed by atoms with Crippen LogP contribution in [-0.2, 0) is 7.05 Å². The van der Waals surface area contributed by atoms with E-state index in [9.17, 15) is 4.79 Å². The van der Waals surface area contributed by atoms with Crippen molar-refractivity contribution < 1.29 is 4.79 Å². The number of fused-ring (bicyclic) bond motifs is 1. The molecular formula is C24H26N4O. The zero-order valence-corrected chi connectivity index (χ0v) is 16.8. The summed E-state index contributed by atoms with van der Waals surface area (Å²) in [5.74, 6) is 2.02. The van der Waals surface area contributed by atoms with E-state index < -0.39 is 0 Å². The van der Waals surface area contributed by atoms with Crippen LogP contribution in [0.25, 0.3) is 0 Å². The van der Waals surface area contributed by atoms with Gasteiger partial charge in [-0.3, -0.25) is 0 Å². The summed E-state index contributed by atoms with van der Waals surface area (Å²) < 4.78 is 1.93. The van der Waals surface area contributed by atoms with Crippen LogP contribution in [0.1, 0.15) is 59.3 Å². The molecule has 2 atom stereocenters. The van der Waals surface area contributed by atoms with E-state index in [0.717, 1.165) is 12.2 Å². The summed E-state index contributed by atoms with van der Waals surface area (Å²) in [5.41, 5.74) is 5.77. The van der Waals surface area contributed by atoms with Crippen LogP contribution in [0.5, 0.6) is 0 Å². The Kier molecular flexibility index (Phi) is 4.38. The van der Waals surface area contributed by atoms with Crippen LogP contribution in [0.2, 0.25) is 0 Å². The third-order valence-electron chi connectivity index (χ3n) is 6.54. The van der Waals surface area contributed by atoms with Crippen molar-refractivity contribution in [2.45, 2.75) is 31.2 Å². The molecule has 0 aliphatic heterocycles. The highest BCUT2D eigenvalue weighted by atomic mass is 16.2. The third-order valence-corrected chi connectivity index (χ3v) is 6.54. The van der Waals surface area contributed by atoms with Gasteiger partial charge in [-0.1, -0.05) is 48.5 Å². The van der Waals surface area contributed by atoms with Gasteiger partial charge in [0.05, 0.1) is 6.04 Å². The molecule has 2 bridgehead atoms. The number of benzene rings is 2. The highest BCUT2D eigenvalue weighted by molar-refractivity contribution is 5.74. The molecular weight excluding hydrogens is 360 g/mol. The van der Waals surface area contributed by atoms with Gasteiger partial charge in [-0.15, -0.1) is 0 Å². The molecule has 3 aliphatic carbocycles. The Morgan fingerprint density at radius 1 is 1.10 bits per heavy atom. The topological polar surface area (TPSA) is 59.0 Å². The quantitative estimate of drug-likeness (QED) is 0.710. The highest BCUT2D eigenvalue weighted by Gasteiger charge is 2.42. The number of nitrogens with one attached hydrogen (secondary N) is 2. The first kappa shape index (κ1) is 18.0. The minimum absolute atomic E-state index is 0.136. The molecule has 6 rings (SSSR count). The molecule has 5 heteroatoms. The van der Waals surface area contributed by atoms with E-state index in [1.807, 2.05) is 24.7 Å². The fourth-order valence-corrected chi connectivity index (χ4v) is 5.29. The molecule has 2 aromatic carbocycles. The van der Waals surface area contributed by atoms with Crippen molar-refractivity contribution in [1.82, 2.24) is 20.2 Å². The largest absolute Gasteiger partial charge is 0.338 e. The van der Waals surface area contributed by atoms with Gasteiger partial charge in [0, 0.05) is 37.8 Å². The van der Waals surface area contributed by atoms with E-state index in [0.29, 0.717) is 24.3 Å². The first-order valence-corrected chi connectivity index (χ1v) is 10.3. The monoisotopic (exact) mass is 386 g/mol. The fourth-order valence-electron chi connectivity index (χ4n) is 5.29. The van der Waals surface area contributed by atoms with Crippen molar-refractivity contribution in [2.75, 3.05) is 6.54 Å². The predicted octanol–water partition coefficient (Wildman–Crippen LogP) is 4.08. The van der Waals surface area contributed by atoms with E-state index in [4.69, 9.17) is 0 Å². The molecule has 1 heterocycles. The summed E-state index contributed by atoms with van der Waals surface area (Å²) in [6, 6.07) is 17.3. The molecule has 0 spiro atoms. The number of nitrogens with zero attached hydrogens (tertiary/aromatic N) is 2. The third kappa shape index (κ3) is 3.01. The molecule has 2 unspecified atom stereocenters. The van der Waals surface area contributed by atoms with Crippen molar-refractivity contribution in [3.8, 4) is 0 Å². The lowest BCUT2D eigenvalue weighted by atomic mass is 9.59. The second kappa shape index (κ2) is 7.07. The number of carbonyl (C=O) groups excluding carboxylic acids is 1. The Balaban J connectivity index is 1.32. The normalized spacial score (nSPS) is 22.5. The van der Waals surface area contributed by atoms with Crippen LogP contribution in [0, 0.1) is 5.92 Å². The maximum Gasteiger partial charge on any atom is 0.315 e. The molecule has 0 fully saturated rings. The average molecular weight is 386 g/mol. The molecule has 1 aromatic heterocycles. The summed E-state index contributed by atoms with van der Waals surface area (Å²) in [7, 11) is 1.94. The molecule has 3 aromatic rings. The van der Waals surface area contributed by atoms with Crippen molar-refractivity contribution >= 4 is 6.03 Å². The standard InChI is InChI=1S/C24H26N4O/c1-15(23-25-11-12-28(23)2)27-24(29)26-14-16-13-21-17-7-3-5-9-19(17)22(16)20-10-6-4-8-18(20)21/h3-12,15-16,21-22H,13-14H2,1-2H3,(H2,26,27,29). The van der Waals surface area contributed by atoms with Gasteiger partial charge in [0.15, 0.2) is 0 Å². The molecule has 5 nitrogen and oxygen atoms in total. The van der Waals surface area contributed by atoms with E-state index in [1.165, 1.54) is 22.3 Å². The molecule has 29 heavy (non-hydrogen) atoms. The first-order valence-electron chi connectivity index (χ1n) is 10.3. The number of hydrogen-bond donors (Lipinski definition) is 2. The van der Waals surface area contributed by atoms with Crippen molar-refractivity contribution in [1.29, 1.82) is 0 Å². The Labute approximate surface area is 171 Å². The summed E-state index contributed by atoms with van der Waals surface area (Å²) >= 11 is 0. The van der Waals surface area contributed by atoms with Gasteiger partial charge in [-0.05, 0) is 41.5 Å². The smallest absolute Gasteiger partial charge is 0.315 e. The second-order valence-corrected chi connectivity index (χ2v) is 8.26. The molecule has 0 saturated heterocycles. The number of amides is 2. The van der Waals surface area contributed by atoms with Crippen molar-refractivity contribution in [3.63, 3.8) is 0 Å². The number of hydrogen-bond acceptors (Lipinski definition) is 2. The maximum atomic E-state index is 12.5. The molecule has 2 N–H and O–H groups in total. The van der Waals surface area contributed by atoms with E-state index in [1.54, 1.807) is 6.20 Å². The summed E-state index contributed by atoms with van der Waals surface area (Å²) in [5, 5.41) is 6.14. The van der Waals surface area contributed by atoms with Gasteiger partial charge in [0.1, 0.15) is 5.82 Å². The number of carbonyl (C=O) groups is 1. The average Bonchev–Trinajstić information content (AvgIpc) is 3.18. The second-order valence-electron chi connectivity index (χ2n) is 8.26. The number of urea groups is 1. The lowest BCUT2D eigenvalue weighted by molar-refractivity contribution is 0.232. The minimum Gasteiger partial charge on any atom is -0.338 e. The minimum atomic E-state index is -0.140. The Hall–Kier alpha value is -3.08. The van der Waals surface area contributed by atoms with Crippen LogP contribution in [0.4, 0.5) is 4.79 Å². The van der Waals surface area contributed by atoms with Crippen molar-refractivity contribution in [3.05, 3.63) is 89.0 Å². The number of imidazole rings is 1. The van der Waals surface area contributed by atoms with Crippen LogP contribution in [0.3, 0.4) is 0 Å². The number of aromatic nitrogens is 2. The zero-order chi connectivity index (χ0) is 20.0. The summed E-state index contributed by atoms with van der Waals surface area (Å²) in [6.07, 6.45) is 4.71. The number of rotatable bonds is 4. The van der Waals surface area contributed by atoms with Gasteiger partial charge < -0.3 is 15.2 Å². The lowest BCUT2D eigenvalue weighted by Gasteiger charge is -2.45. The first-order chi connectivity index (χ1) is 14.1. The van der Waals surface area contributed by atoms with Gasteiger partial charge in [0.25, 0.3) is 0 Å². The maximum absolute atomic E-state index is 12.5. The molecule has 0 radical (unpaired) electrons. The van der Waals surface area contributed by atoms with Gasteiger partial charge in [-0.2, -0.15) is 0 Å². The van der Waals surface area contributed by atoms with Gasteiger partial charge in [-0.25, -0.2) is 9.78 Å². The lowest BCUT2D eigenvalue weighted by Crippen LogP contribution is -2.43. The number of aryl methyl sites for hydroxylation is 1. The van der Waals surface area contributed by atoms with Crippen LogP contribution in [0.15, 0.2) is 60.9 Å². The van der Waals surface area contributed by atoms with Gasteiger partial charge in [0.2, 0.25) is 0 Å². The van der Waals surface area contributed by atoms with Gasteiger partial charge >= 0.3 is 6.03 Å². The SMILES string of the molecule is CC(NC(=O)NCC1CC2c3ccccc3C1c1ccccc12)c1nccn1C. The van der Waals surface area contributed by atoms with E-state index in [-0.39, 0.29) is 12.1 Å². The highest BCUT2D eigenvalue weighted by Crippen LogP contribution is 2.55. The van der Waals surface area contributed by atoms with Crippen LogP contribution in [-0.4, -0.2) is 22.1 Å². The fraction of sp³-hybridized carbons (Fsp3) is 0.333. The Morgan fingerprint density at radius 3 is 2.31 bits per heavy atom. The van der Waals surface area contributed by atoms with Crippen molar-refractivity contribution in [2.24, 2.45) is 13.0 Å². The molecule has 3 aliphatic rings. The summed E-state index contributed by atoms with van der Waals surface area (Å²) in [4.78, 5) is 16.9. The Morgan fingerprint density at radius 2 is 1.72 bits per heavy atom. The van der Waals surface area contributed by atoms with Crippen LogP contribution < -0.4 is 10.6 Å². The van der Waals surface area contributed by atoms with E-state index >= 15 is 0 Å². The molecule has 2 amide bonds. The predicted molar refractivity (Wildman–Crippen MR) is 113 cm³/mol. The summed E-state index contributed by atoms with van der Waals surface area (Å²) in [6.45, 7) is 2.62. The zero-order valence-electron chi connectivity index (χ0n) is 16.8. The Bertz CT molecular complexity index is 1010. The van der Waals surface area contributed by atoms with E-state index in [2.05, 4.69) is 64.1 Å². The molecule has 148 valence electrons.